The molecule has 2 N–H and O–H groups in total. The molecule has 0 saturated carbocycles. The van der Waals surface area contributed by atoms with Crippen molar-refractivity contribution in [1.82, 2.24) is 5.32 Å². The third-order valence-electron chi connectivity index (χ3n) is 2.71. The lowest BCUT2D eigenvalue weighted by Gasteiger charge is -2.10. The summed E-state index contributed by atoms with van der Waals surface area (Å²) < 4.78 is 27.4. The van der Waals surface area contributed by atoms with Gasteiger partial charge in [-0.2, -0.15) is 0 Å². The van der Waals surface area contributed by atoms with Crippen LogP contribution in [0.4, 0.5) is 5.69 Å². The van der Waals surface area contributed by atoms with Gasteiger partial charge >= 0.3 is 0 Å². The van der Waals surface area contributed by atoms with Crippen molar-refractivity contribution in [3.05, 3.63) is 28.2 Å². The number of hydrogen-bond acceptors (Lipinski definition) is 3. The van der Waals surface area contributed by atoms with E-state index in [1.165, 1.54) is 0 Å². The highest BCUT2D eigenvalue weighted by Gasteiger charge is 2.10. The Labute approximate surface area is 130 Å². The molecule has 1 rings (SSSR count). The number of halogens is 1. The van der Waals surface area contributed by atoms with Crippen molar-refractivity contribution in [2.24, 2.45) is 0 Å². The molecule has 0 saturated heterocycles. The highest BCUT2D eigenvalue weighted by atomic mass is 79.9. The van der Waals surface area contributed by atoms with Gasteiger partial charge in [0.1, 0.15) is 0 Å². The SMILES string of the molecule is Cc1cc(Br)cc(NS(=O)(=O)CCCCNC(C)C)c1. The summed E-state index contributed by atoms with van der Waals surface area (Å²) in [6.45, 7) is 6.94. The number of rotatable bonds is 8. The van der Waals surface area contributed by atoms with Gasteiger partial charge in [-0.05, 0) is 50.1 Å². The minimum Gasteiger partial charge on any atom is -0.315 e. The Morgan fingerprint density at radius 2 is 1.90 bits per heavy atom. The minimum atomic E-state index is -3.27. The first kappa shape index (κ1) is 17.5. The molecular formula is C14H23BrN2O2S. The molecule has 0 radical (unpaired) electrons. The van der Waals surface area contributed by atoms with E-state index in [1.54, 1.807) is 6.07 Å². The highest BCUT2D eigenvalue weighted by Crippen LogP contribution is 2.20. The van der Waals surface area contributed by atoms with E-state index in [0.717, 1.165) is 23.0 Å². The van der Waals surface area contributed by atoms with Crippen LogP contribution < -0.4 is 10.0 Å². The Bertz CT molecular complexity index is 510. The Morgan fingerprint density at radius 3 is 2.50 bits per heavy atom. The van der Waals surface area contributed by atoms with E-state index in [4.69, 9.17) is 0 Å². The summed E-state index contributed by atoms with van der Waals surface area (Å²) in [7, 11) is -3.27. The van der Waals surface area contributed by atoms with Crippen LogP contribution in [0.5, 0.6) is 0 Å². The summed E-state index contributed by atoms with van der Waals surface area (Å²) in [5.41, 5.74) is 1.62. The maximum absolute atomic E-state index is 12.0. The van der Waals surface area contributed by atoms with Crippen LogP contribution in [-0.2, 0) is 10.0 Å². The number of aryl methyl sites for hydroxylation is 1. The van der Waals surface area contributed by atoms with Crippen LogP contribution in [0.2, 0.25) is 0 Å². The molecule has 4 nitrogen and oxygen atoms in total. The van der Waals surface area contributed by atoms with Crippen molar-refractivity contribution >= 4 is 31.6 Å². The van der Waals surface area contributed by atoms with Crippen molar-refractivity contribution in [2.75, 3.05) is 17.0 Å². The summed E-state index contributed by atoms with van der Waals surface area (Å²) in [5, 5.41) is 3.27. The van der Waals surface area contributed by atoms with Crippen LogP contribution >= 0.6 is 15.9 Å². The molecule has 20 heavy (non-hydrogen) atoms. The standard InChI is InChI=1S/C14H23BrN2O2S/c1-11(2)16-6-4-5-7-20(18,19)17-14-9-12(3)8-13(15)10-14/h8-11,16-17H,4-7H2,1-3H3. The molecule has 0 heterocycles. The molecule has 0 aliphatic carbocycles. The molecule has 0 aliphatic rings. The number of nitrogens with one attached hydrogen (secondary N) is 2. The van der Waals surface area contributed by atoms with Gasteiger partial charge in [0.05, 0.1) is 5.75 Å². The second kappa shape index (κ2) is 8.00. The normalized spacial score (nSPS) is 11.8. The molecule has 0 bridgehead atoms. The van der Waals surface area contributed by atoms with E-state index in [-0.39, 0.29) is 5.75 Å². The van der Waals surface area contributed by atoms with Gasteiger partial charge in [0, 0.05) is 16.2 Å². The van der Waals surface area contributed by atoms with Gasteiger partial charge in [-0.1, -0.05) is 29.8 Å². The van der Waals surface area contributed by atoms with Crippen molar-refractivity contribution in [1.29, 1.82) is 0 Å². The smallest absolute Gasteiger partial charge is 0.232 e. The van der Waals surface area contributed by atoms with Gasteiger partial charge in [0.25, 0.3) is 0 Å². The quantitative estimate of drug-likeness (QED) is 0.697. The van der Waals surface area contributed by atoms with E-state index in [1.807, 2.05) is 19.1 Å². The van der Waals surface area contributed by atoms with Crippen LogP contribution in [-0.4, -0.2) is 26.8 Å². The lowest BCUT2D eigenvalue weighted by atomic mass is 10.2. The van der Waals surface area contributed by atoms with Crippen LogP contribution in [0.15, 0.2) is 22.7 Å². The van der Waals surface area contributed by atoms with Gasteiger partial charge in [-0.3, -0.25) is 4.72 Å². The fourth-order valence-electron chi connectivity index (χ4n) is 1.83. The summed E-state index contributed by atoms with van der Waals surface area (Å²) in [5.74, 6) is 0.151. The number of sulfonamides is 1. The van der Waals surface area contributed by atoms with Gasteiger partial charge in [-0.15, -0.1) is 0 Å². The Morgan fingerprint density at radius 1 is 1.20 bits per heavy atom. The predicted octanol–water partition coefficient (Wildman–Crippen LogP) is 3.28. The molecule has 1 aromatic carbocycles. The van der Waals surface area contributed by atoms with E-state index < -0.39 is 10.0 Å². The Kier molecular flexibility index (Phi) is 6.99. The molecule has 6 heteroatoms. The average molecular weight is 363 g/mol. The first-order valence-electron chi connectivity index (χ1n) is 6.79. The fraction of sp³-hybridized carbons (Fsp3) is 0.571. The second-order valence-electron chi connectivity index (χ2n) is 5.25. The molecule has 0 atom stereocenters. The third-order valence-corrected chi connectivity index (χ3v) is 4.54. The molecule has 1 aromatic rings. The zero-order chi connectivity index (χ0) is 15.2. The van der Waals surface area contributed by atoms with E-state index in [9.17, 15) is 8.42 Å². The van der Waals surface area contributed by atoms with Crippen molar-refractivity contribution in [2.45, 2.75) is 39.7 Å². The molecular weight excluding hydrogens is 340 g/mol. The molecule has 0 unspecified atom stereocenters. The summed E-state index contributed by atoms with van der Waals surface area (Å²) in [6, 6.07) is 5.97. The molecule has 0 amide bonds. The average Bonchev–Trinajstić information content (AvgIpc) is 2.25. The molecule has 114 valence electrons. The Balaban J connectivity index is 2.45. The number of benzene rings is 1. The third kappa shape index (κ3) is 7.26. The molecule has 0 aromatic heterocycles. The van der Waals surface area contributed by atoms with Crippen LogP contribution in [0, 0.1) is 6.92 Å². The first-order valence-corrected chi connectivity index (χ1v) is 9.24. The maximum Gasteiger partial charge on any atom is 0.232 e. The van der Waals surface area contributed by atoms with Crippen molar-refractivity contribution < 1.29 is 8.42 Å². The number of hydrogen-bond donors (Lipinski definition) is 2. The highest BCUT2D eigenvalue weighted by molar-refractivity contribution is 9.10. The van der Waals surface area contributed by atoms with Gasteiger partial charge < -0.3 is 5.32 Å². The van der Waals surface area contributed by atoms with Crippen molar-refractivity contribution in [3.63, 3.8) is 0 Å². The summed E-state index contributed by atoms with van der Waals surface area (Å²) >= 11 is 3.36. The minimum absolute atomic E-state index is 0.151. The molecule has 0 aliphatic heterocycles. The maximum atomic E-state index is 12.0. The van der Waals surface area contributed by atoms with E-state index >= 15 is 0 Å². The van der Waals surface area contributed by atoms with Crippen LogP contribution in [0.1, 0.15) is 32.3 Å². The van der Waals surface area contributed by atoms with Gasteiger partial charge in [-0.25, -0.2) is 8.42 Å². The van der Waals surface area contributed by atoms with Gasteiger partial charge in [0.2, 0.25) is 10.0 Å². The zero-order valence-corrected chi connectivity index (χ0v) is 14.6. The number of unbranched alkanes of at least 4 members (excludes halogenated alkanes) is 1. The van der Waals surface area contributed by atoms with Gasteiger partial charge in [0.15, 0.2) is 0 Å². The summed E-state index contributed by atoms with van der Waals surface area (Å²) in [6.07, 6.45) is 1.51. The molecule has 0 spiro atoms. The second-order valence-corrected chi connectivity index (χ2v) is 8.01. The fourth-order valence-corrected chi connectivity index (χ4v) is 3.60. The zero-order valence-electron chi connectivity index (χ0n) is 12.2. The lowest BCUT2D eigenvalue weighted by Crippen LogP contribution is -2.24. The monoisotopic (exact) mass is 362 g/mol. The van der Waals surface area contributed by atoms with Crippen molar-refractivity contribution in [3.8, 4) is 0 Å². The topological polar surface area (TPSA) is 58.2 Å². The first-order chi connectivity index (χ1) is 9.28. The van der Waals surface area contributed by atoms with E-state index in [2.05, 4.69) is 39.8 Å². The number of anilines is 1. The Hall–Kier alpha value is -0.590. The van der Waals surface area contributed by atoms with Crippen LogP contribution in [0.25, 0.3) is 0 Å². The largest absolute Gasteiger partial charge is 0.315 e. The predicted molar refractivity (Wildman–Crippen MR) is 88.7 cm³/mol. The van der Waals surface area contributed by atoms with E-state index in [0.29, 0.717) is 18.2 Å². The summed E-state index contributed by atoms with van der Waals surface area (Å²) in [4.78, 5) is 0. The molecule has 0 fully saturated rings. The lowest BCUT2D eigenvalue weighted by molar-refractivity contribution is 0.561. The van der Waals surface area contributed by atoms with Crippen LogP contribution in [0.3, 0.4) is 0 Å².